The van der Waals surface area contributed by atoms with Gasteiger partial charge in [-0.3, -0.25) is 11.3 Å². The van der Waals surface area contributed by atoms with E-state index in [1.54, 1.807) is 0 Å². The van der Waals surface area contributed by atoms with E-state index >= 15 is 0 Å². The second-order valence-corrected chi connectivity index (χ2v) is 6.52. The van der Waals surface area contributed by atoms with Crippen LogP contribution in [0.15, 0.2) is 24.3 Å². The Balaban J connectivity index is 2.95. The summed E-state index contributed by atoms with van der Waals surface area (Å²) in [5.74, 6) is 6.48. The number of likely N-dealkylation sites (N-methyl/N-ethyl adjacent to an activating group) is 1. The zero-order valence-corrected chi connectivity index (χ0v) is 14.6. The zero-order chi connectivity index (χ0) is 16.0. The maximum Gasteiger partial charge on any atom is 0.0434 e. The molecule has 1 atom stereocenters. The minimum Gasteiger partial charge on any atom is -0.302 e. The molecule has 3 heteroatoms. The number of hydrazine groups is 1. The van der Waals surface area contributed by atoms with Gasteiger partial charge < -0.3 is 4.90 Å². The molecule has 0 aliphatic carbocycles. The van der Waals surface area contributed by atoms with E-state index in [2.05, 4.69) is 76.4 Å². The van der Waals surface area contributed by atoms with E-state index < -0.39 is 0 Å². The zero-order valence-electron chi connectivity index (χ0n) is 14.6. The fourth-order valence-electron chi connectivity index (χ4n) is 3.37. The van der Waals surface area contributed by atoms with Crippen molar-refractivity contribution in [3.8, 4) is 0 Å². The first-order valence-corrected chi connectivity index (χ1v) is 8.13. The van der Waals surface area contributed by atoms with Crippen LogP contribution < -0.4 is 11.3 Å². The first kappa shape index (κ1) is 18.1. The summed E-state index contributed by atoms with van der Waals surface area (Å²) in [5.41, 5.74) is 5.89. The van der Waals surface area contributed by atoms with E-state index in [4.69, 9.17) is 5.84 Å². The van der Waals surface area contributed by atoms with Gasteiger partial charge >= 0.3 is 0 Å². The first-order valence-electron chi connectivity index (χ1n) is 8.13. The summed E-state index contributed by atoms with van der Waals surface area (Å²) < 4.78 is 0. The molecule has 3 nitrogen and oxygen atoms in total. The van der Waals surface area contributed by atoms with E-state index in [0.29, 0.717) is 5.92 Å². The Morgan fingerprint density at radius 2 is 1.62 bits per heavy atom. The molecule has 0 bridgehead atoms. The van der Waals surface area contributed by atoms with E-state index in [9.17, 15) is 0 Å². The fraction of sp³-hybridized carbons (Fsp3) is 0.667. The molecule has 1 aromatic rings. The van der Waals surface area contributed by atoms with Crippen molar-refractivity contribution in [1.29, 1.82) is 0 Å². The van der Waals surface area contributed by atoms with Crippen LogP contribution in [0.25, 0.3) is 0 Å². The van der Waals surface area contributed by atoms with Gasteiger partial charge in [0, 0.05) is 11.6 Å². The number of benzene rings is 1. The molecule has 1 aromatic carbocycles. The highest BCUT2D eigenvalue weighted by Crippen LogP contribution is 2.28. The van der Waals surface area contributed by atoms with E-state index in [1.807, 2.05) is 0 Å². The third-order valence-electron chi connectivity index (χ3n) is 5.05. The van der Waals surface area contributed by atoms with Crippen LogP contribution in [0.3, 0.4) is 0 Å². The lowest BCUT2D eigenvalue weighted by molar-refractivity contribution is 0.0882. The van der Waals surface area contributed by atoms with Crippen molar-refractivity contribution < 1.29 is 0 Å². The molecule has 0 aromatic heterocycles. The molecule has 0 saturated heterocycles. The first-order chi connectivity index (χ1) is 9.91. The van der Waals surface area contributed by atoms with Crippen LogP contribution in [0.2, 0.25) is 0 Å². The Morgan fingerprint density at radius 3 is 1.95 bits per heavy atom. The summed E-state index contributed by atoms with van der Waals surface area (Å²) in [5, 5.41) is 0. The van der Waals surface area contributed by atoms with E-state index in [-0.39, 0.29) is 11.6 Å². The highest BCUT2D eigenvalue weighted by Gasteiger charge is 2.37. The summed E-state index contributed by atoms with van der Waals surface area (Å²) in [7, 11) is 4.30. The Hall–Kier alpha value is -0.900. The van der Waals surface area contributed by atoms with Crippen molar-refractivity contribution in [2.45, 2.75) is 64.5 Å². The smallest absolute Gasteiger partial charge is 0.0434 e. The largest absolute Gasteiger partial charge is 0.302 e. The average Bonchev–Trinajstić information content (AvgIpc) is 2.47. The quantitative estimate of drug-likeness (QED) is 0.570. The molecule has 1 rings (SSSR count). The molecule has 0 heterocycles. The van der Waals surface area contributed by atoms with E-state index in [0.717, 1.165) is 19.3 Å². The maximum absolute atomic E-state index is 5.90. The molecule has 120 valence electrons. The molecule has 0 fully saturated rings. The van der Waals surface area contributed by atoms with Crippen LogP contribution in [0.1, 0.15) is 57.6 Å². The topological polar surface area (TPSA) is 41.3 Å². The summed E-state index contributed by atoms with van der Waals surface area (Å²) in [6.07, 6.45) is 3.11. The Morgan fingerprint density at radius 1 is 1.10 bits per heavy atom. The van der Waals surface area contributed by atoms with Gasteiger partial charge in [-0.1, -0.05) is 52.0 Å². The molecule has 0 saturated carbocycles. The minimum absolute atomic E-state index is 0.0888. The number of rotatable bonds is 8. The second kappa shape index (κ2) is 7.92. The SMILES string of the molecule is CCC(CC)(C(Cc1ccc(C(C)C)cc1)NN)N(C)C. The number of hydrogen-bond donors (Lipinski definition) is 2. The van der Waals surface area contributed by atoms with Crippen molar-refractivity contribution >= 4 is 0 Å². The maximum atomic E-state index is 5.90. The van der Waals surface area contributed by atoms with Gasteiger partial charge in [0.2, 0.25) is 0 Å². The van der Waals surface area contributed by atoms with Crippen molar-refractivity contribution in [1.82, 2.24) is 10.3 Å². The molecule has 21 heavy (non-hydrogen) atoms. The van der Waals surface area contributed by atoms with Crippen LogP contribution in [-0.4, -0.2) is 30.6 Å². The second-order valence-electron chi connectivity index (χ2n) is 6.52. The molecule has 0 radical (unpaired) electrons. The van der Waals surface area contributed by atoms with Crippen LogP contribution in [0.5, 0.6) is 0 Å². The monoisotopic (exact) mass is 291 g/mol. The predicted octanol–water partition coefficient (Wildman–Crippen LogP) is 3.30. The standard InChI is InChI=1S/C18H33N3/c1-7-18(8-2,21(5)6)17(20-19)13-15-9-11-16(12-10-15)14(3)4/h9-12,14,17,20H,7-8,13,19H2,1-6H3. The highest BCUT2D eigenvalue weighted by molar-refractivity contribution is 5.26. The van der Waals surface area contributed by atoms with Gasteiger partial charge in [-0.25, -0.2) is 0 Å². The normalized spacial score (nSPS) is 14.0. The van der Waals surface area contributed by atoms with Crippen LogP contribution >= 0.6 is 0 Å². The molecule has 0 aliphatic rings. The fourth-order valence-corrected chi connectivity index (χ4v) is 3.37. The Kier molecular flexibility index (Phi) is 6.85. The van der Waals surface area contributed by atoms with Crippen molar-refractivity contribution in [2.75, 3.05) is 14.1 Å². The molecule has 0 spiro atoms. The molecule has 1 unspecified atom stereocenters. The Bertz CT molecular complexity index is 405. The lowest BCUT2D eigenvalue weighted by atomic mass is 9.80. The lowest BCUT2D eigenvalue weighted by Gasteiger charge is -2.45. The van der Waals surface area contributed by atoms with Gasteiger partial charge in [0.05, 0.1) is 0 Å². The number of nitrogens with two attached hydrogens (primary N) is 1. The van der Waals surface area contributed by atoms with Gasteiger partial charge in [-0.15, -0.1) is 0 Å². The summed E-state index contributed by atoms with van der Waals surface area (Å²) >= 11 is 0. The summed E-state index contributed by atoms with van der Waals surface area (Å²) in [4.78, 5) is 2.32. The van der Waals surface area contributed by atoms with Crippen LogP contribution in [0, 0.1) is 0 Å². The lowest BCUT2D eigenvalue weighted by Crippen LogP contribution is -2.61. The van der Waals surface area contributed by atoms with Crippen molar-refractivity contribution in [3.05, 3.63) is 35.4 Å². The summed E-state index contributed by atoms with van der Waals surface area (Å²) in [6.45, 7) is 8.94. The van der Waals surface area contributed by atoms with Crippen LogP contribution in [-0.2, 0) is 6.42 Å². The summed E-state index contributed by atoms with van der Waals surface area (Å²) in [6, 6.07) is 9.20. The number of nitrogens with one attached hydrogen (secondary N) is 1. The highest BCUT2D eigenvalue weighted by atomic mass is 15.3. The molecule has 0 amide bonds. The molecule has 3 N–H and O–H groups in total. The van der Waals surface area contributed by atoms with Crippen molar-refractivity contribution in [2.24, 2.45) is 5.84 Å². The van der Waals surface area contributed by atoms with Gasteiger partial charge in [0.25, 0.3) is 0 Å². The van der Waals surface area contributed by atoms with Gasteiger partial charge in [0.1, 0.15) is 0 Å². The number of hydrogen-bond acceptors (Lipinski definition) is 3. The van der Waals surface area contributed by atoms with Crippen LogP contribution in [0.4, 0.5) is 0 Å². The van der Waals surface area contributed by atoms with Crippen molar-refractivity contribution in [3.63, 3.8) is 0 Å². The average molecular weight is 291 g/mol. The van der Waals surface area contributed by atoms with E-state index in [1.165, 1.54) is 11.1 Å². The molecular weight excluding hydrogens is 258 g/mol. The molecule has 0 aliphatic heterocycles. The minimum atomic E-state index is 0.0888. The van der Waals surface area contributed by atoms with Gasteiger partial charge in [-0.05, 0) is 50.4 Å². The third kappa shape index (κ3) is 4.06. The Labute approximate surface area is 130 Å². The van der Waals surface area contributed by atoms with Gasteiger partial charge in [-0.2, -0.15) is 0 Å². The number of nitrogens with zero attached hydrogens (tertiary/aromatic N) is 1. The third-order valence-corrected chi connectivity index (χ3v) is 5.05. The predicted molar refractivity (Wildman–Crippen MR) is 92.3 cm³/mol. The van der Waals surface area contributed by atoms with Gasteiger partial charge in [0.15, 0.2) is 0 Å². The molecular formula is C18H33N3.